The number of non-ortho nitro benzene ring substituents is 1. The summed E-state index contributed by atoms with van der Waals surface area (Å²) in [6.45, 7) is 0. The van der Waals surface area contributed by atoms with Crippen molar-refractivity contribution in [1.82, 2.24) is 5.32 Å². The van der Waals surface area contributed by atoms with E-state index in [2.05, 4.69) is 14.5 Å². The Morgan fingerprint density at radius 3 is 2.29 bits per heavy atom. The number of benzene rings is 2. The van der Waals surface area contributed by atoms with Crippen LogP contribution in [0, 0.1) is 20.2 Å². The van der Waals surface area contributed by atoms with Crippen LogP contribution in [-0.4, -0.2) is 30.0 Å². The number of hydrogen-bond acceptors (Lipinski definition) is 9. The quantitative estimate of drug-likeness (QED) is 0.367. The predicted octanol–water partition coefficient (Wildman–Crippen LogP) is 3.27. The minimum absolute atomic E-state index is 0.0876. The van der Waals surface area contributed by atoms with Crippen molar-refractivity contribution in [2.75, 3.05) is 14.2 Å². The van der Waals surface area contributed by atoms with Gasteiger partial charge in [0.05, 0.1) is 45.1 Å². The van der Waals surface area contributed by atoms with E-state index in [1.54, 1.807) is 7.05 Å². The third-order valence-corrected chi connectivity index (χ3v) is 4.01. The molecule has 0 atom stereocenters. The van der Waals surface area contributed by atoms with Gasteiger partial charge in [0.1, 0.15) is 0 Å². The van der Waals surface area contributed by atoms with Crippen molar-refractivity contribution >= 4 is 34.2 Å². The first kappa shape index (κ1) is 22.7. The number of carbonyl (C=O) groups is 1. The average Bonchev–Trinajstić information content (AvgIpc) is 2.77. The molecule has 31 heavy (non-hydrogen) atoms. The number of nitrogens with zero attached hydrogens (tertiary/aromatic N) is 2. The number of nitrogens with one attached hydrogen (secondary N) is 1. The Morgan fingerprint density at radius 2 is 1.68 bits per heavy atom. The van der Waals surface area contributed by atoms with Crippen LogP contribution in [-0.2, 0) is 4.74 Å². The lowest BCUT2D eigenvalue weighted by atomic mass is 10.1. The zero-order valence-electron chi connectivity index (χ0n) is 16.4. The van der Waals surface area contributed by atoms with Gasteiger partial charge in [0.15, 0.2) is 0 Å². The molecule has 0 fully saturated rings. The summed E-state index contributed by atoms with van der Waals surface area (Å²) in [6.07, 6.45) is 4.12. The smallest absolute Gasteiger partial charge is 0.343 e. The molecule has 0 aliphatic rings. The van der Waals surface area contributed by atoms with Crippen LogP contribution in [0.4, 0.5) is 11.4 Å². The molecule has 0 aliphatic heterocycles. The van der Waals surface area contributed by atoms with E-state index in [1.807, 2.05) is 0 Å². The van der Waals surface area contributed by atoms with Crippen LogP contribution in [0.15, 0.2) is 64.1 Å². The average molecular weight is 427 g/mol. The zero-order valence-corrected chi connectivity index (χ0v) is 16.4. The van der Waals surface area contributed by atoms with Crippen LogP contribution in [0.2, 0.25) is 0 Å². The highest BCUT2D eigenvalue weighted by Crippen LogP contribution is 2.24. The van der Waals surface area contributed by atoms with E-state index in [0.717, 1.165) is 6.26 Å². The maximum Gasteiger partial charge on any atom is 0.343 e. The molecule has 0 amide bonds. The lowest BCUT2D eigenvalue weighted by molar-refractivity contribution is -0.385. The maximum absolute atomic E-state index is 11.5. The molecule has 11 nitrogen and oxygen atoms in total. The molecule has 0 saturated carbocycles. The summed E-state index contributed by atoms with van der Waals surface area (Å²) in [5, 5.41) is 24.7. The maximum atomic E-state index is 11.5. The van der Waals surface area contributed by atoms with Gasteiger partial charge in [-0.05, 0) is 30.5 Å². The molecule has 3 rings (SSSR count). The van der Waals surface area contributed by atoms with E-state index >= 15 is 0 Å². The SMILES string of the molecule is CN/C=C/c1c(C(=O)OC)cccc1[N+](=O)[O-].O=c1occc2c([N+](=O)[O-])cccc12. The van der Waals surface area contributed by atoms with Gasteiger partial charge in [0, 0.05) is 19.2 Å². The fourth-order valence-corrected chi connectivity index (χ4v) is 2.63. The normalized spacial score (nSPS) is 10.3. The van der Waals surface area contributed by atoms with Gasteiger partial charge >= 0.3 is 11.6 Å². The fraction of sp³-hybridized carbons (Fsp3) is 0.100. The number of nitro groups is 2. The molecule has 1 aromatic heterocycles. The molecule has 3 aromatic rings. The molecular formula is C20H17N3O8. The standard InChI is InChI=1S/C11H12N2O4.C9H5NO4/c1-12-7-6-8-9(11(14)17-2)4-3-5-10(8)13(15)16;11-9-7-2-1-3-8(10(12)13)6(7)4-5-14-9/h3-7,12H,1-2H3;1-5H/b7-6+;. The van der Waals surface area contributed by atoms with Crippen LogP contribution in [0.1, 0.15) is 15.9 Å². The molecule has 0 aliphatic carbocycles. The predicted molar refractivity (Wildman–Crippen MR) is 112 cm³/mol. The number of methoxy groups -OCH3 is 1. The lowest BCUT2D eigenvalue weighted by Gasteiger charge is -2.04. The van der Waals surface area contributed by atoms with Crippen molar-refractivity contribution in [3.63, 3.8) is 0 Å². The molecule has 0 bridgehead atoms. The monoisotopic (exact) mass is 427 g/mol. The Kier molecular flexibility index (Phi) is 7.56. The molecule has 160 valence electrons. The largest absolute Gasteiger partial charge is 0.465 e. The second-order valence-electron chi connectivity index (χ2n) is 5.81. The molecule has 11 heteroatoms. The van der Waals surface area contributed by atoms with E-state index in [-0.39, 0.29) is 27.9 Å². The first-order valence-corrected chi connectivity index (χ1v) is 8.66. The van der Waals surface area contributed by atoms with E-state index in [1.165, 1.54) is 61.9 Å². The number of esters is 1. The first-order valence-electron chi connectivity index (χ1n) is 8.66. The second kappa shape index (κ2) is 10.3. The van der Waals surface area contributed by atoms with Gasteiger partial charge in [-0.2, -0.15) is 0 Å². The van der Waals surface area contributed by atoms with Gasteiger partial charge in [-0.1, -0.05) is 12.1 Å². The molecule has 1 heterocycles. The first-order chi connectivity index (χ1) is 14.8. The molecule has 2 aromatic carbocycles. The Hall–Kier alpha value is -4.54. The number of fused-ring (bicyclic) bond motifs is 1. The molecule has 0 radical (unpaired) electrons. The van der Waals surface area contributed by atoms with Crippen molar-refractivity contribution in [3.8, 4) is 0 Å². The Labute approximate surface area is 174 Å². The molecule has 0 unspecified atom stereocenters. The van der Waals surface area contributed by atoms with Gasteiger partial charge in [0.25, 0.3) is 11.4 Å². The van der Waals surface area contributed by atoms with Crippen LogP contribution in [0.5, 0.6) is 0 Å². The Balaban J connectivity index is 0.000000224. The van der Waals surface area contributed by atoms with Crippen molar-refractivity contribution in [2.45, 2.75) is 0 Å². The molecule has 0 saturated heterocycles. The second-order valence-corrected chi connectivity index (χ2v) is 5.81. The Morgan fingerprint density at radius 1 is 1.03 bits per heavy atom. The number of hydrogen-bond donors (Lipinski definition) is 1. The van der Waals surface area contributed by atoms with Crippen LogP contribution in [0.3, 0.4) is 0 Å². The number of carbonyl (C=O) groups excluding carboxylic acids is 1. The topological polar surface area (TPSA) is 155 Å². The van der Waals surface area contributed by atoms with E-state index in [9.17, 15) is 29.8 Å². The Bertz CT molecular complexity index is 1220. The van der Waals surface area contributed by atoms with E-state index < -0.39 is 21.4 Å². The van der Waals surface area contributed by atoms with Crippen LogP contribution in [0.25, 0.3) is 16.8 Å². The van der Waals surface area contributed by atoms with E-state index in [4.69, 9.17) is 0 Å². The highest BCUT2D eigenvalue weighted by molar-refractivity contribution is 5.95. The summed E-state index contributed by atoms with van der Waals surface area (Å²) in [4.78, 5) is 43.0. The van der Waals surface area contributed by atoms with Gasteiger partial charge in [0.2, 0.25) is 0 Å². The van der Waals surface area contributed by atoms with E-state index in [0.29, 0.717) is 5.39 Å². The van der Waals surface area contributed by atoms with Gasteiger partial charge in [-0.25, -0.2) is 9.59 Å². The number of nitro benzene ring substituents is 2. The minimum Gasteiger partial charge on any atom is -0.465 e. The number of rotatable bonds is 5. The summed E-state index contributed by atoms with van der Waals surface area (Å²) in [6, 6.07) is 9.97. The summed E-state index contributed by atoms with van der Waals surface area (Å²) in [5.41, 5.74) is -0.409. The highest BCUT2D eigenvalue weighted by atomic mass is 16.6. The fourth-order valence-electron chi connectivity index (χ4n) is 2.63. The van der Waals surface area contributed by atoms with Gasteiger partial charge < -0.3 is 14.5 Å². The van der Waals surface area contributed by atoms with Gasteiger partial charge in [-0.15, -0.1) is 0 Å². The summed E-state index contributed by atoms with van der Waals surface area (Å²) in [7, 11) is 2.88. The van der Waals surface area contributed by atoms with Crippen molar-refractivity contribution in [2.24, 2.45) is 0 Å². The van der Waals surface area contributed by atoms with Gasteiger partial charge in [-0.3, -0.25) is 20.2 Å². The van der Waals surface area contributed by atoms with Crippen LogP contribution >= 0.6 is 0 Å². The van der Waals surface area contributed by atoms with Crippen LogP contribution < -0.4 is 10.9 Å². The zero-order chi connectivity index (χ0) is 23.0. The lowest BCUT2D eigenvalue weighted by Crippen LogP contribution is -2.06. The summed E-state index contributed by atoms with van der Waals surface area (Å²) in [5.74, 6) is -0.607. The minimum atomic E-state index is -0.607. The van der Waals surface area contributed by atoms with Crippen molar-refractivity contribution < 1.29 is 23.8 Å². The third kappa shape index (κ3) is 5.29. The molecule has 0 spiro atoms. The van der Waals surface area contributed by atoms with Crippen molar-refractivity contribution in [1.29, 1.82) is 0 Å². The third-order valence-electron chi connectivity index (χ3n) is 4.01. The highest BCUT2D eigenvalue weighted by Gasteiger charge is 2.19. The number of ether oxygens (including phenoxy) is 1. The molecular weight excluding hydrogens is 410 g/mol. The summed E-state index contributed by atoms with van der Waals surface area (Å²) < 4.78 is 9.17. The van der Waals surface area contributed by atoms with Crippen molar-refractivity contribution in [3.05, 3.63) is 96.7 Å². The summed E-state index contributed by atoms with van der Waals surface area (Å²) >= 11 is 0. The molecule has 1 N–H and O–H groups in total.